The molecule has 0 radical (unpaired) electrons. The average molecular weight is 195 g/mol. The van der Waals surface area contributed by atoms with E-state index in [1.807, 2.05) is 12.1 Å². The molecule has 78 valence electrons. The van der Waals surface area contributed by atoms with Gasteiger partial charge in [-0.15, -0.1) is 0 Å². The molecule has 0 N–H and O–H groups in total. The Kier molecular flexibility index (Phi) is 4.83. The van der Waals surface area contributed by atoms with E-state index >= 15 is 0 Å². The number of hydrogen-bond acceptors (Lipinski definition) is 3. The molecule has 0 atom stereocenters. The number of aromatic nitrogens is 1. The van der Waals surface area contributed by atoms with Crippen LogP contribution in [-0.4, -0.2) is 18.7 Å². The maximum Gasteiger partial charge on any atom is 0.213 e. The number of methoxy groups -OCH3 is 1. The number of rotatable bonds is 6. The summed E-state index contributed by atoms with van der Waals surface area (Å²) in [4.78, 5) is 4.10. The third kappa shape index (κ3) is 3.64. The second-order valence-corrected chi connectivity index (χ2v) is 3.09. The van der Waals surface area contributed by atoms with E-state index in [1.54, 1.807) is 13.3 Å². The summed E-state index contributed by atoms with van der Waals surface area (Å²) in [5.41, 5.74) is 0. The molecule has 0 bridgehead atoms. The molecule has 14 heavy (non-hydrogen) atoms. The monoisotopic (exact) mass is 195 g/mol. The summed E-state index contributed by atoms with van der Waals surface area (Å²) in [5, 5.41) is 0. The molecular formula is C11H17NO2. The highest BCUT2D eigenvalue weighted by molar-refractivity contribution is 5.22. The fourth-order valence-corrected chi connectivity index (χ4v) is 1.10. The molecule has 0 saturated heterocycles. The van der Waals surface area contributed by atoms with Crippen LogP contribution in [-0.2, 0) is 0 Å². The lowest BCUT2D eigenvalue weighted by Crippen LogP contribution is -1.98. The van der Waals surface area contributed by atoms with Gasteiger partial charge >= 0.3 is 0 Å². The van der Waals surface area contributed by atoms with Crippen molar-refractivity contribution in [3.05, 3.63) is 18.3 Å². The molecule has 0 unspecified atom stereocenters. The first kappa shape index (κ1) is 10.8. The predicted octanol–water partition coefficient (Wildman–Crippen LogP) is 2.66. The molecule has 0 amide bonds. The van der Waals surface area contributed by atoms with Gasteiger partial charge < -0.3 is 9.47 Å². The Morgan fingerprint density at radius 1 is 1.29 bits per heavy atom. The Hall–Kier alpha value is -1.25. The van der Waals surface area contributed by atoms with Gasteiger partial charge in [-0.1, -0.05) is 19.8 Å². The molecule has 0 spiro atoms. The first-order valence-electron chi connectivity index (χ1n) is 4.99. The quantitative estimate of drug-likeness (QED) is 0.654. The van der Waals surface area contributed by atoms with Crippen LogP contribution >= 0.6 is 0 Å². The minimum atomic E-state index is 0.668. The lowest BCUT2D eigenvalue weighted by atomic mass is 10.3. The molecule has 1 aromatic rings. The summed E-state index contributed by atoms with van der Waals surface area (Å²) in [6.07, 6.45) is 5.16. The highest BCUT2D eigenvalue weighted by Crippen LogP contribution is 2.13. The van der Waals surface area contributed by atoms with E-state index in [1.165, 1.54) is 12.8 Å². The summed E-state index contributed by atoms with van der Waals surface area (Å²) < 4.78 is 10.4. The van der Waals surface area contributed by atoms with E-state index in [4.69, 9.17) is 9.47 Å². The Labute approximate surface area is 85.1 Å². The lowest BCUT2D eigenvalue weighted by molar-refractivity contribution is 0.293. The van der Waals surface area contributed by atoms with Crippen molar-refractivity contribution in [2.24, 2.45) is 0 Å². The standard InChI is InChI=1S/C11H17NO2/c1-3-4-5-8-14-11-7-6-10(13-2)9-12-11/h6-7,9H,3-5,8H2,1-2H3. The van der Waals surface area contributed by atoms with Gasteiger partial charge in [-0.3, -0.25) is 0 Å². The van der Waals surface area contributed by atoms with Crippen LogP contribution in [0.3, 0.4) is 0 Å². The second kappa shape index (κ2) is 6.24. The van der Waals surface area contributed by atoms with Crippen LogP contribution in [0.5, 0.6) is 11.6 Å². The van der Waals surface area contributed by atoms with Gasteiger partial charge in [0, 0.05) is 6.07 Å². The van der Waals surface area contributed by atoms with Crippen LogP contribution in [0, 0.1) is 0 Å². The van der Waals surface area contributed by atoms with Gasteiger partial charge in [-0.2, -0.15) is 0 Å². The third-order valence-corrected chi connectivity index (χ3v) is 1.94. The molecule has 0 aromatic carbocycles. The minimum absolute atomic E-state index is 0.668. The zero-order chi connectivity index (χ0) is 10.2. The summed E-state index contributed by atoms with van der Waals surface area (Å²) in [7, 11) is 1.62. The maximum absolute atomic E-state index is 5.44. The van der Waals surface area contributed by atoms with Crippen molar-refractivity contribution >= 4 is 0 Å². The van der Waals surface area contributed by atoms with Gasteiger partial charge in [0.15, 0.2) is 0 Å². The molecule has 1 aromatic heterocycles. The number of nitrogens with zero attached hydrogens (tertiary/aromatic N) is 1. The van der Waals surface area contributed by atoms with Gasteiger partial charge in [0.25, 0.3) is 0 Å². The van der Waals surface area contributed by atoms with Crippen molar-refractivity contribution < 1.29 is 9.47 Å². The van der Waals surface area contributed by atoms with E-state index < -0.39 is 0 Å². The Balaban J connectivity index is 2.29. The summed E-state index contributed by atoms with van der Waals surface area (Å²) >= 11 is 0. The van der Waals surface area contributed by atoms with E-state index in [-0.39, 0.29) is 0 Å². The second-order valence-electron chi connectivity index (χ2n) is 3.09. The number of hydrogen-bond donors (Lipinski definition) is 0. The summed E-state index contributed by atoms with van der Waals surface area (Å²) in [5.74, 6) is 1.42. The molecule has 0 aliphatic carbocycles. The smallest absolute Gasteiger partial charge is 0.213 e. The molecule has 0 aliphatic rings. The molecule has 0 fully saturated rings. The lowest BCUT2D eigenvalue weighted by Gasteiger charge is -2.04. The summed E-state index contributed by atoms with van der Waals surface area (Å²) in [6.45, 7) is 2.92. The van der Waals surface area contributed by atoms with E-state index in [2.05, 4.69) is 11.9 Å². The molecule has 0 aliphatic heterocycles. The van der Waals surface area contributed by atoms with Crippen molar-refractivity contribution in [2.75, 3.05) is 13.7 Å². The molecular weight excluding hydrogens is 178 g/mol. The Morgan fingerprint density at radius 3 is 2.71 bits per heavy atom. The van der Waals surface area contributed by atoms with Crippen molar-refractivity contribution in [1.29, 1.82) is 0 Å². The van der Waals surface area contributed by atoms with Gasteiger partial charge in [0.05, 0.1) is 19.9 Å². The highest BCUT2D eigenvalue weighted by Gasteiger charge is 1.95. The van der Waals surface area contributed by atoms with Gasteiger partial charge in [0.1, 0.15) is 5.75 Å². The molecule has 3 nitrogen and oxygen atoms in total. The minimum Gasteiger partial charge on any atom is -0.495 e. The topological polar surface area (TPSA) is 31.4 Å². The normalized spacial score (nSPS) is 9.86. The summed E-state index contributed by atoms with van der Waals surface area (Å²) in [6, 6.07) is 3.67. The number of pyridine rings is 1. The fourth-order valence-electron chi connectivity index (χ4n) is 1.10. The first-order chi connectivity index (χ1) is 6.86. The zero-order valence-electron chi connectivity index (χ0n) is 8.82. The van der Waals surface area contributed by atoms with Gasteiger partial charge in [0.2, 0.25) is 5.88 Å². The van der Waals surface area contributed by atoms with E-state index in [9.17, 15) is 0 Å². The molecule has 1 rings (SSSR count). The highest BCUT2D eigenvalue weighted by atomic mass is 16.5. The van der Waals surface area contributed by atoms with Crippen molar-refractivity contribution in [1.82, 2.24) is 4.98 Å². The zero-order valence-corrected chi connectivity index (χ0v) is 8.82. The van der Waals surface area contributed by atoms with E-state index in [0.29, 0.717) is 5.88 Å². The molecule has 0 saturated carbocycles. The van der Waals surface area contributed by atoms with Crippen molar-refractivity contribution in [3.8, 4) is 11.6 Å². The van der Waals surface area contributed by atoms with Crippen LogP contribution < -0.4 is 9.47 Å². The van der Waals surface area contributed by atoms with Gasteiger partial charge in [-0.05, 0) is 12.5 Å². The number of unbranched alkanes of at least 4 members (excludes halogenated alkanes) is 2. The Morgan fingerprint density at radius 2 is 2.14 bits per heavy atom. The van der Waals surface area contributed by atoms with Gasteiger partial charge in [-0.25, -0.2) is 4.98 Å². The SMILES string of the molecule is CCCCCOc1ccc(OC)cn1. The van der Waals surface area contributed by atoms with Crippen LogP contribution in [0.2, 0.25) is 0 Å². The van der Waals surface area contributed by atoms with Crippen molar-refractivity contribution in [2.45, 2.75) is 26.2 Å². The average Bonchev–Trinajstić information content (AvgIpc) is 2.25. The molecule has 1 heterocycles. The predicted molar refractivity (Wildman–Crippen MR) is 55.8 cm³/mol. The first-order valence-corrected chi connectivity index (χ1v) is 4.99. The molecule has 3 heteroatoms. The Bertz CT molecular complexity index is 246. The third-order valence-electron chi connectivity index (χ3n) is 1.94. The van der Waals surface area contributed by atoms with Crippen LogP contribution in [0.15, 0.2) is 18.3 Å². The van der Waals surface area contributed by atoms with Crippen molar-refractivity contribution in [3.63, 3.8) is 0 Å². The number of ether oxygens (including phenoxy) is 2. The fraction of sp³-hybridized carbons (Fsp3) is 0.545. The van der Waals surface area contributed by atoms with Crippen LogP contribution in [0.4, 0.5) is 0 Å². The van der Waals surface area contributed by atoms with Crippen LogP contribution in [0.25, 0.3) is 0 Å². The van der Waals surface area contributed by atoms with Crippen LogP contribution in [0.1, 0.15) is 26.2 Å². The largest absolute Gasteiger partial charge is 0.495 e. The maximum atomic E-state index is 5.44. The van der Waals surface area contributed by atoms with E-state index in [0.717, 1.165) is 18.8 Å².